The van der Waals surface area contributed by atoms with Crippen LogP contribution in [0.1, 0.15) is 17.3 Å². The number of para-hydroxylation sites is 1. The summed E-state index contributed by atoms with van der Waals surface area (Å²) in [6.45, 7) is 2.65. The number of hydrogen-bond acceptors (Lipinski definition) is 5. The van der Waals surface area contributed by atoms with Gasteiger partial charge in [-0.2, -0.15) is 0 Å². The molecule has 2 amide bonds. The van der Waals surface area contributed by atoms with Gasteiger partial charge in [0.05, 0.1) is 27.7 Å². The second-order valence-electron chi connectivity index (χ2n) is 7.42. The number of hydrogen-bond donors (Lipinski definition) is 1. The number of cyclic esters (lactones) is 1. The van der Waals surface area contributed by atoms with E-state index in [4.69, 9.17) is 16.3 Å². The molecule has 1 heterocycles. The Balaban J connectivity index is 1.61. The summed E-state index contributed by atoms with van der Waals surface area (Å²) < 4.78 is 32.9. The van der Waals surface area contributed by atoms with E-state index in [9.17, 15) is 18.0 Å². The third kappa shape index (κ3) is 4.71. The first-order chi connectivity index (χ1) is 16.3. The van der Waals surface area contributed by atoms with Crippen LogP contribution in [0.25, 0.3) is 0 Å². The molecule has 1 aliphatic rings. The summed E-state index contributed by atoms with van der Waals surface area (Å²) >= 11 is 6.25. The van der Waals surface area contributed by atoms with Gasteiger partial charge >= 0.3 is 6.09 Å². The van der Waals surface area contributed by atoms with Gasteiger partial charge in [0.1, 0.15) is 6.61 Å². The number of nitrogens with zero attached hydrogens (tertiary/aromatic N) is 2. The maximum Gasteiger partial charge on any atom is 0.414 e. The molecule has 8 nitrogen and oxygen atoms in total. The number of rotatable bonds is 7. The highest BCUT2D eigenvalue weighted by Gasteiger charge is 2.26. The van der Waals surface area contributed by atoms with Crippen LogP contribution in [0, 0.1) is 0 Å². The average Bonchev–Trinajstić information content (AvgIpc) is 3.26. The first-order valence-electron chi connectivity index (χ1n) is 10.5. The summed E-state index contributed by atoms with van der Waals surface area (Å²) in [5.74, 6) is -0.578. The fraction of sp³-hybridized carbons (Fsp3) is 0.167. The number of sulfonamides is 1. The van der Waals surface area contributed by atoms with E-state index in [0.717, 1.165) is 0 Å². The predicted octanol–water partition coefficient (Wildman–Crippen LogP) is 4.76. The Morgan fingerprint density at radius 2 is 1.85 bits per heavy atom. The molecular weight excluding hydrogens is 478 g/mol. The number of nitrogens with one attached hydrogen (secondary N) is 1. The third-order valence-electron chi connectivity index (χ3n) is 5.28. The van der Waals surface area contributed by atoms with Crippen LogP contribution in [-0.2, 0) is 14.8 Å². The molecule has 0 saturated carbocycles. The summed E-state index contributed by atoms with van der Waals surface area (Å²) in [5.41, 5.74) is 1.52. The molecule has 0 aliphatic carbocycles. The fourth-order valence-electron chi connectivity index (χ4n) is 3.63. The molecule has 3 aromatic rings. The van der Waals surface area contributed by atoms with E-state index in [-0.39, 0.29) is 22.0 Å². The molecule has 0 spiro atoms. The fourth-order valence-corrected chi connectivity index (χ4v) is 5.33. The largest absolute Gasteiger partial charge is 0.447 e. The van der Waals surface area contributed by atoms with Gasteiger partial charge in [0.15, 0.2) is 0 Å². The van der Waals surface area contributed by atoms with Crippen molar-refractivity contribution in [2.24, 2.45) is 0 Å². The van der Waals surface area contributed by atoms with E-state index < -0.39 is 22.0 Å². The third-order valence-corrected chi connectivity index (χ3v) is 7.51. The van der Waals surface area contributed by atoms with Gasteiger partial charge in [-0.25, -0.2) is 13.2 Å². The van der Waals surface area contributed by atoms with Crippen LogP contribution in [0.2, 0.25) is 5.02 Å². The van der Waals surface area contributed by atoms with Crippen LogP contribution >= 0.6 is 11.6 Å². The molecule has 1 aliphatic heterocycles. The Kier molecular flexibility index (Phi) is 6.76. The molecule has 0 aromatic heterocycles. The van der Waals surface area contributed by atoms with Gasteiger partial charge in [0.25, 0.3) is 15.9 Å². The van der Waals surface area contributed by atoms with Crippen LogP contribution in [0.4, 0.5) is 21.9 Å². The summed E-state index contributed by atoms with van der Waals surface area (Å²) in [5, 5.41) is 2.83. The van der Waals surface area contributed by atoms with E-state index in [1.54, 1.807) is 61.5 Å². The molecule has 0 radical (unpaired) electrons. The quantitative estimate of drug-likeness (QED) is 0.505. The molecule has 176 valence electrons. The van der Waals surface area contributed by atoms with Crippen molar-refractivity contribution in [2.45, 2.75) is 11.8 Å². The lowest BCUT2D eigenvalue weighted by Crippen LogP contribution is -2.31. The molecule has 0 bridgehead atoms. The van der Waals surface area contributed by atoms with Gasteiger partial charge in [0.2, 0.25) is 0 Å². The van der Waals surface area contributed by atoms with Gasteiger partial charge in [0, 0.05) is 17.9 Å². The number of carbonyl (C=O) groups is 2. The molecule has 1 fully saturated rings. The Labute approximate surface area is 202 Å². The van der Waals surface area contributed by atoms with Crippen molar-refractivity contribution >= 4 is 50.7 Å². The normalized spacial score (nSPS) is 13.5. The lowest BCUT2D eigenvalue weighted by atomic mass is 10.2. The highest BCUT2D eigenvalue weighted by molar-refractivity contribution is 7.92. The van der Waals surface area contributed by atoms with E-state index in [1.807, 2.05) is 0 Å². The lowest BCUT2D eigenvalue weighted by molar-refractivity contribution is 0.102. The van der Waals surface area contributed by atoms with Gasteiger partial charge in [-0.15, -0.1) is 0 Å². The molecule has 1 N–H and O–H groups in total. The number of carbonyl (C=O) groups excluding carboxylic acids is 2. The second kappa shape index (κ2) is 9.74. The van der Waals surface area contributed by atoms with E-state index >= 15 is 0 Å². The summed E-state index contributed by atoms with van der Waals surface area (Å²) in [6, 6.07) is 19.5. The Morgan fingerprint density at radius 1 is 1.09 bits per heavy atom. The monoisotopic (exact) mass is 499 g/mol. The topological polar surface area (TPSA) is 96.0 Å². The van der Waals surface area contributed by atoms with Crippen molar-refractivity contribution in [1.82, 2.24) is 0 Å². The number of amides is 2. The van der Waals surface area contributed by atoms with Crippen LogP contribution in [0.5, 0.6) is 0 Å². The number of anilines is 3. The van der Waals surface area contributed by atoms with Crippen molar-refractivity contribution in [2.75, 3.05) is 34.2 Å². The van der Waals surface area contributed by atoms with Crippen LogP contribution < -0.4 is 14.5 Å². The zero-order valence-corrected chi connectivity index (χ0v) is 19.8. The number of benzene rings is 3. The molecule has 3 aromatic carbocycles. The Bertz CT molecular complexity index is 1330. The molecule has 0 unspecified atom stereocenters. The molecular formula is C24H22ClN3O5S. The predicted molar refractivity (Wildman–Crippen MR) is 131 cm³/mol. The van der Waals surface area contributed by atoms with Crippen molar-refractivity contribution in [3.05, 3.63) is 83.4 Å². The van der Waals surface area contributed by atoms with Gasteiger partial charge in [-0.05, 0) is 55.5 Å². The van der Waals surface area contributed by atoms with E-state index in [2.05, 4.69) is 5.32 Å². The van der Waals surface area contributed by atoms with E-state index in [1.165, 1.54) is 27.4 Å². The Morgan fingerprint density at radius 3 is 2.53 bits per heavy atom. The molecule has 34 heavy (non-hydrogen) atoms. The van der Waals surface area contributed by atoms with Crippen LogP contribution in [-0.4, -0.2) is 40.1 Å². The molecule has 1 saturated heterocycles. The molecule has 4 rings (SSSR count). The maximum atomic E-state index is 13.3. The SMILES string of the molecule is CCN(c1ccccc1)S(=O)(=O)c1ccc(Cl)c(C(=O)Nc2cccc(N3CCOC3=O)c2)c1. The van der Waals surface area contributed by atoms with Crippen LogP contribution in [0.15, 0.2) is 77.7 Å². The smallest absolute Gasteiger partial charge is 0.414 e. The maximum absolute atomic E-state index is 13.3. The highest BCUT2D eigenvalue weighted by Crippen LogP contribution is 2.28. The summed E-state index contributed by atoms with van der Waals surface area (Å²) in [4.78, 5) is 26.2. The minimum atomic E-state index is -3.94. The first-order valence-corrected chi connectivity index (χ1v) is 12.4. The summed E-state index contributed by atoms with van der Waals surface area (Å²) in [6.07, 6.45) is -0.455. The highest BCUT2D eigenvalue weighted by atomic mass is 35.5. The second-order valence-corrected chi connectivity index (χ2v) is 9.69. The zero-order valence-electron chi connectivity index (χ0n) is 18.3. The van der Waals surface area contributed by atoms with Gasteiger partial charge in [-0.1, -0.05) is 35.9 Å². The van der Waals surface area contributed by atoms with Crippen molar-refractivity contribution in [3.8, 4) is 0 Å². The molecule has 10 heteroatoms. The lowest BCUT2D eigenvalue weighted by Gasteiger charge is -2.23. The van der Waals surface area contributed by atoms with Gasteiger partial charge in [-0.3, -0.25) is 14.0 Å². The van der Waals surface area contributed by atoms with Crippen molar-refractivity contribution in [1.29, 1.82) is 0 Å². The van der Waals surface area contributed by atoms with Crippen molar-refractivity contribution < 1.29 is 22.7 Å². The van der Waals surface area contributed by atoms with Crippen molar-refractivity contribution in [3.63, 3.8) is 0 Å². The Hall–Kier alpha value is -3.56. The standard InChI is InChI=1S/C24H22ClN3O5S/c1-2-28(18-8-4-3-5-9-18)34(31,32)20-11-12-22(25)21(16-20)23(29)26-17-7-6-10-19(15-17)27-13-14-33-24(27)30/h3-12,15-16H,2,13-14H2,1H3,(H,26,29). The number of ether oxygens (including phenoxy) is 1. The molecule has 0 atom stereocenters. The minimum absolute atomic E-state index is 0.0119. The van der Waals surface area contributed by atoms with Crippen LogP contribution in [0.3, 0.4) is 0 Å². The first kappa shape index (κ1) is 23.6. The minimum Gasteiger partial charge on any atom is -0.447 e. The average molecular weight is 500 g/mol. The van der Waals surface area contributed by atoms with E-state index in [0.29, 0.717) is 30.2 Å². The van der Waals surface area contributed by atoms with Gasteiger partial charge < -0.3 is 10.1 Å². The zero-order chi connectivity index (χ0) is 24.3. The number of halogens is 1. The summed E-state index contributed by atoms with van der Waals surface area (Å²) in [7, 11) is -3.94.